The van der Waals surface area contributed by atoms with Crippen LogP contribution in [0.1, 0.15) is 52.0 Å². The number of rotatable bonds is 2. The lowest BCUT2D eigenvalue weighted by Gasteiger charge is -2.35. The Bertz CT molecular complexity index is 519. The van der Waals surface area contributed by atoms with Crippen molar-refractivity contribution >= 4 is 11.8 Å². The zero-order chi connectivity index (χ0) is 15.6. The molecule has 1 aliphatic rings. The van der Waals surface area contributed by atoms with E-state index in [9.17, 15) is 4.79 Å². The molecule has 0 aliphatic carbocycles. The van der Waals surface area contributed by atoms with Crippen molar-refractivity contribution in [3.8, 4) is 5.75 Å². The van der Waals surface area contributed by atoms with Crippen LogP contribution in [0.4, 0.5) is 10.5 Å². The van der Waals surface area contributed by atoms with Gasteiger partial charge < -0.3 is 9.47 Å². The van der Waals surface area contributed by atoms with Crippen LogP contribution in [0.3, 0.4) is 0 Å². The van der Waals surface area contributed by atoms with Crippen LogP contribution in [0.15, 0.2) is 18.2 Å². The van der Waals surface area contributed by atoms with E-state index in [-0.39, 0.29) is 6.09 Å². The van der Waals surface area contributed by atoms with E-state index < -0.39 is 5.60 Å². The molecule has 0 saturated carbocycles. The highest BCUT2D eigenvalue weighted by atomic mass is 16.6. The summed E-state index contributed by atoms with van der Waals surface area (Å²) in [6.07, 6.45) is 1.75. The summed E-state index contributed by atoms with van der Waals surface area (Å²) >= 11 is 0. The van der Waals surface area contributed by atoms with Crippen molar-refractivity contribution in [2.24, 2.45) is 0 Å². The van der Waals surface area contributed by atoms with Gasteiger partial charge in [-0.15, -0.1) is 0 Å². The molecular weight excluding hydrogens is 266 g/mol. The number of anilines is 1. The van der Waals surface area contributed by atoms with Crippen molar-refractivity contribution in [1.82, 2.24) is 0 Å². The van der Waals surface area contributed by atoms with Crippen LogP contribution in [-0.2, 0) is 4.74 Å². The molecule has 1 atom stereocenters. The Labute approximate surface area is 127 Å². The highest BCUT2D eigenvalue weighted by Crippen LogP contribution is 2.39. The fourth-order valence-corrected chi connectivity index (χ4v) is 2.72. The van der Waals surface area contributed by atoms with E-state index >= 15 is 0 Å². The summed E-state index contributed by atoms with van der Waals surface area (Å²) in [5.74, 6) is 1.25. The quantitative estimate of drug-likeness (QED) is 0.814. The predicted octanol–water partition coefficient (Wildman–Crippen LogP) is 4.33. The van der Waals surface area contributed by atoms with E-state index in [2.05, 4.69) is 13.0 Å². The molecule has 4 nitrogen and oxygen atoms in total. The van der Waals surface area contributed by atoms with Crippen molar-refractivity contribution < 1.29 is 14.3 Å². The number of hydrogen-bond acceptors (Lipinski definition) is 3. The van der Waals surface area contributed by atoms with Gasteiger partial charge in [0.25, 0.3) is 0 Å². The van der Waals surface area contributed by atoms with Gasteiger partial charge in [0, 0.05) is 12.6 Å². The van der Waals surface area contributed by atoms with Crippen LogP contribution in [0.2, 0.25) is 0 Å². The maximum atomic E-state index is 12.4. The summed E-state index contributed by atoms with van der Waals surface area (Å²) in [5.41, 5.74) is 1.63. The van der Waals surface area contributed by atoms with Crippen LogP contribution >= 0.6 is 0 Å². The number of fused-ring (bicyclic) bond motifs is 1. The molecule has 2 rings (SSSR count). The summed E-state index contributed by atoms with van der Waals surface area (Å²) in [4.78, 5) is 14.2. The smallest absolute Gasteiger partial charge is 0.414 e. The first-order valence-electron chi connectivity index (χ1n) is 7.54. The van der Waals surface area contributed by atoms with E-state index in [1.54, 1.807) is 12.0 Å². The fraction of sp³-hybridized carbons (Fsp3) is 0.588. The van der Waals surface area contributed by atoms with E-state index in [1.165, 1.54) is 5.56 Å². The average molecular weight is 291 g/mol. The lowest BCUT2D eigenvalue weighted by molar-refractivity contribution is 0.0576. The lowest BCUT2D eigenvalue weighted by Crippen LogP contribution is -2.40. The molecule has 0 N–H and O–H groups in total. The average Bonchev–Trinajstić information content (AvgIpc) is 2.43. The highest BCUT2D eigenvalue weighted by Gasteiger charge is 2.31. The number of carbonyl (C=O) groups is 1. The number of carbonyl (C=O) groups excluding carboxylic acids is 1. The SMILES string of the molecule is CCC1CCN(C(=O)OC(C)(C)C)c2cc(OC)ccc21. The summed E-state index contributed by atoms with van der Waals surface area (Å²) in [7, 11) is 1.64. The maximum absolute atomic E-state index is 12.4. The van der Waals surface area contributed by atoms with Gasteiger partial charge in [-0.05, 0) is 51.2 Å². The number of nitrogens with zero attached hydrogens (tertiary/aromatic N) is 1. The Morgan fingerprint density at radius 3 is 2.67 bits per heavy atom. The van der Waals surface area contributed by atoms with Crippen molar-refractivity contribution in [3.05, 3.63) is 23.8 Å². The molecule has 1 unspecified atom stereocenters. The third-order valence-electron chi connectivity index (χ3n) is 3.78. The minimum Gasteiger partial charge on any atom is -0.497 e. The minimum absolute atomic E-state index is 0.286. The molecule has 0 fully saturated rings. The fourth-order valence-electron chi connectivity index (χ4n) is 2.72. The maximum Gasteiger partial charge on any atom is 0.414 e. The zero-order valence-corrected chi connectivity index (χ0v) is 13.6. The molecule has 0 aromatic heterocycles. The van der Waals surface area contributed by atoms with Gasteiger partial charge in [0.15, 0.2) is 0 Å². The summed E-state index contributed by atoms with van der Waals surface area (Å²) in [6.45, 7) is 8.53. The second-order valence-corrected chi connectivity index (χ2v) is 6.45. The monoisotopic (exact) mass is 291 g/mol. The molecule has 1 aliphatic heterocycles. The van der Waals surface area contributed by atoms with E-state index in [0.717, 1.165) is 24.3 Å². The van der Waals surface area contributed by atoms with Gasteiger partial charge in [-0.25, -0.2) is 4.79 Å². The number of hydrogen-bond donors (Lipinski definition) is 0. The van der Waals surface area contributed by atoms with Crippen LogP contribution in [0.25, 0.3) is 0 Å². The van der Waals surface area contributed by atoms with Gasteiger partial charge >= 0.3 is 6.09 Å². The topological polar surface area (TPSA) is 38.8 Å². The van der Waals surface area contributed by atoms with Gasteiger partial charge in [-0.1, -0.05) is 13.0 Å². The Hall–Kier alpha value is -1.71. The zero-order valence-electron chi connectivity index (χ0n) is 13.6. The molecule has 1 aromatic rings. The van der Waals surface area contributed by atoms with Gasteiger partial charge in [0.05, 0.1) is 12.8 Å². The van der Waals surface area contributed by atoms with Crippen molar-refractivity contribution in [2.45, 2.75) is 52.1 Å². The molecule has 0 saturated heterocycles. The molecule has 1 aromatic carbocycles. The summed E-state index contributed by atoms with van der Waals surface area (Å²) in [5, 5.41) is 0. The lowest BCUT2D eigenvalue weighted by atomic mass is 9.88. The van der Waals surface area contributed by atoms with Gasteiger partial charge in [0.1, 0.15) is 11.4 Å². The van der Waals surface area contributed by atoms with Crippen molar-refractivity contribution in [2.75, 3.05) is 18.6 Å². The standard InChI is InChI=1S/C17H25NO3/c1-6-12-9-10-18(16(19)21-17(2,3)4)15-11-13(20-5)7-8-14(12)15/h7-8,11-12H,6,9-10H2,1-5H3. The van der Waals surface area contributed by atoms with E-state index in [1.807, 2.05) is 32.9 Å². The van der Waals surface area contributed by atoms with Crippen molar-refractivity contribution in [1.29, 1.82) is 0 Å². The first kappa shape index (κ1) is 15.7. The Morgan fingerprint density at radius 1 is 1.38 bits per heavy atom. The van der Waals surface area contributed by atoms with Crippen LogP contribution < -0.4 is 9.64 Å². The van der Waals surface area contributed by atoms with Gasteiger partial charge in [-0.2, -0.15) is 0 Å². The molecule has 21 heavy (non-hydrogen) atoms. The van der Waals surface area contributed by atoms with Gasteiger partial charge in [-0.3, -0.25) is 4.90 Å². The Kier molecular flexibility index (Phi) is 4.45. The molecule has 1 amide bonds. The molecule has 116 valence electrons. The second kappa shape index (κ2) is 5.96. The first-order chi connectivity index (χ1) is 9.85. The largest absolute Gasteiger partial charge is 0.497 e. The number of methoxy groups -OCH3 is 1. The third kappa shape index (κ3) is 3.49. The number of ether oxygens (including phenoxy) is 2. The molecule has 1 heterocycles. The Balaban J connectivity index is 2.36. The van der Waals surface area contributed by atoms with Crippen LogP contribution in [0, 0.1) is 0 Å². The van der Waals surface area contributed by atoms with E-state index in [0.29, 0.717) is 12.5 Å². The normalized spacial score (nSPS) is 18.1. The molecule has 4 heteroatoms. The number of benzene rings is 1. The predicted molar refractivity (Wildman–Crippen MR) is 84.2 cm³/mol. The number of amides is 1. The molecule has 0 bridgehead atoms. The van der Waals surface area contributed by atoms with E-state index in [4.69, 9.17) is 9.47 Å². The minimum atomic E-state index is -0.488. The van der Waals surface area contributed by atoms with Crippen molar-refractivity contribution in [3.63, 3.8) is 0 Å². The highest BCUT2D eigenvalue weighted by molar-refractivity contribution is 5.90. The second-order valence-electron chi connectivity index (χ2n) is 6.45. The molecular formula is C17H25NO3. The summed E-state index contributed by atoms with van der Waals surface area (Å²) in [6, 6.07) is 5.96. The van der Waals surface area contributed by atoms with Crippen LogP contribution in [-0.4, -0.2) is 25.3 Å². The first-order valence-corrected chi connectivity index (χ1v) is 7.54. The Morgan fingerprint density at radius 2 is 2.10 bits per heavy atom. The van der Waals surface area contributed by atoms with Gasteiger partial charge in [0.2, 0.25) is 0 Å². The third-order valence-corrected chi connectivity index (χ3v) is 3.78. The molecule has 0 spiro atoms. The molecule has 0 radical (unpaired) electrons. The van der Waals surface area contributed by atoms with Crippen LogP contribution in [0.5, 0.6) is 5.75 Å². The summed E-state index contributed by atoms with van der Waals surface area (Å²) < 4.78 is 10.8.